The molecule has 2 heterocycles. The molecule has 3 aliphatic rings. The Labute approximate surface area is 150 Å². The number of likely N-dealkylation sites (tertiary alicyclic amines) is 1. The van der Waals surface area contributed by atoms with Crippen LogP contribution in [0.5, 0.6) is 0 Å². The average Bonchev–Trinajstić information content (AvgIpc) is 3.01. The molecule has 0 aromatic heterocycles. The number of amides is 1. The highest BCUT2D eigenvalue weighted by Gasteiger charge is 2.44. The van der Waals surface area contributed by atoms with Crippen molar-refractivity contribution in [1.29, 1.82) is 0 Å². The van der Waals surface area contributed by atoms with E-state index in [0.717, 1.165) is 82.1 Å². The topological polar surface area (TPSA) is 32.3 Å². The second-order valence-corrected chi connectivity index (χ2v) is 8.20. The molecule has 2 aliphatic heterocycles. The van der Waals surface area contributed by atoms with Gasteiger partial charge in [0.15, 0.2) is 0 Å². The highest BCUT2D eigenvalue weighted by Crippen LogP contribution is 2.42. The smallest absolute Gasteiger partial charge is 0.233 e. The summed E-state index contributed by atoms with van der Waals surface area (Å²) in [7, 11) is 0. The average molecular weight is 344 g/mol. The van der Waals surface area contributed by atoms with Crippen LogP contribution in [0.1, 0.15) is 50.5 Å². The molecule has 3 nitrogen and oxygen atoms in total. The van der Waals surface area contributed by atoms with Gasteiger partial charge in [0.25, 0.3) is 0 Å². The van der Waals surface area contributed by atoms with Gasteiger partial charge in [-0.15, -0.1) is 0 Å². The van der Waals surface area contributed by atoms with Gasteiger partial charge in [-0.3, -0.25) is 4.79 Å². The van der Waals surface area contributed by atoms with Crippen LogP contribution in [-0.4, -0.2) is 37.0 Å². The molecule has 1 saturated carbocycles. The van der Waals surface area contributed by atoms with Crippen LogP contribution in [0.2, 0.25) is 0 Å². The summed E-state index contributed by atoms with van der Waals surface area (Å²) in [5.74, 6) is 1.53. The van der Waals surface area contributed by atoms with Crippen LogP contribution in [0.15, 0.2) is 24.3 Å². The molecule has 4 heteroatoms. The molecule has 0 spiro atoms. The van der Waals surface area contributed by atoms with Crippen molar-refractivity contribution in [2.24, 2.45) is 11.8 Å². The van der Waals surface area contributed by atoms with Gasteiger partial charge in [-0.25, -0.2) is 4.39 Å². The van der Waals surface area contributed by atoms with E-state index in [4.69, 9.17) is 0 Å². The van der Waals surface area contributed by atoms with Crippen LogP contribution < -0.4 is 5.32 Å². The number of hydrogen-bond donors (Lipinski definition) is 1. The Morgan fingerprint density at radius 1 is 1.00 bits per heavy atom. The van der Waals surface area contributed by atoms with Crippen molar-refractivity contribution in [3.05, 3.63) is 35.6 Å². The Kier molecular flexibility index (Phi) is 4.81. The summed E-state index contributed by atoms with van der Waals surface area (Å²) in [6.07, 6.45) is 7.42. The molecule has 1 aliphatic carbocycles. The lowest BCUT2D eigenvalue weighted by Gasteiger charge is -2.40. The molecule has 3 fully saturated rings. The van der Waals surface area contributed by atoms with Crippen molar-refractivity contribution in [2.45, 2.75) is 50.4 Å². The summed E-state index contributed by atoms with van der Waals surface area (Å²) in [5, 5.41) is 3.50. The molecular weight excluding hydrogens is 315 g/mol. The van der Waals surface area contributed by atoms with Crippen molar-refractivity contribution in [3.63, 3.8) is 0 Å². The summed E-state index contributed by atoms with van der Waals surface area (Å²) in [5.41, 5.74) is 0.591. The van der Waals surface area contributed by atoms with Gasteiger partial charge in [-0.1, -0.05) is 31.4 Å². The third-order valence-electron chi connectivity index (χ3n) is 6.82. The molecule has 2 atom stereocenters. The summed E-state index contributed by atoms with van der Waals surface area (Å²) >= 11 is 0. The SMILES string of the molecule is O=C(N1CC[C@@H]2CNC[C@@H]2CC1)C1(c2ccc(F)cc2)CCCCC1. The van der Waals surface area contributed by atoms with Crippen molar-refractivity contribution >= 4 is 5.91 Å². The molecule has 136 valence electrons. The maximum Gasteiger partial charge on any atom is 0.233 e. The van der Waals surface area contributed by atoms with E-state index in [1.54, 1.807) is 0 Å². The largest absolute Gasteiger partial charge is 0.342 e. The first-order valence-electron chi connectivity index (χ1n) is 9.95. The van der Waals surface area contributed by atoms with Crippen molar-refractivity contribution in [2.75, 3.05) is 26.2 Å². The number of halogens is 1. The van der Waals surface area contributed by atoms with E-state index in [1.807, 2.05) is 12.1 Å². The summed E-state index contributed by atoms with van der Waals surface area (Å²) < 4.78 is 13.4. The lowest BCUT2D eigenvalue weighted by molar-refractivity contribution is -0.139. The third kappa shape index (κ3) is 3.21. The van der Waals surface area contributed by atoms with Crippen LogP contribution in [0, 0.1) is 17.7 Å². The van der Waals surface area contributed by atoms with Crippen molar-refractivity contribution in [1.82, 2.24) is 10.2 Å². The second kappa shape index (κ2) is 7.06. The number of carbonyl (C=O) groups is 1. The first kappa shape index (κ1) is 17.0. The fourth-order valence-corrected chi connectivity index (χ4v) is 5.27. The standard InChI is InChI=1S/C21H29FN2O/c22-19-6-4-18(5-7-19)21(10-2-1-3-11-21)20(25)24-12-8-16-14-23-15-17(16)9-13-24/h4-7,16-17,23H,1-3,8-15H2/t16-,17+. The molecule has 1 N–H and O–H groups in total. The lowest BCUT2D eigenvalue weighted by atomic mass is 9.68. The Morgan fingerprint density at radius 3 is 2.20 bits per heavy atom. The first-order valence-corrected chi connectivity index (χ1v) is 9.95. The summed E-state index contributed by atoms with van der Waals surface area (Å²) in [6, 6.07) is 6.71. The van der Waals surface area contributed by atoms with Gasteiger partial charge >= 0.3 is 0 Å². The molecule has 0 unspecified atom stereocenters. The quantitative estimate of drug-likeness (QED) is 0.891. The minimum atomic E-state index is -0.427. The zero-order valence-electron chi connectivity index (χ0n) is 15.0. The molecule has 1 aromatic carbocycles. The van der Waals surface area contributed by atoms with Crippen molar-refractivity contribution < 1.29 is 9.18 Å². The minimum absolute atomic E-state index is 0.225. The normalized spacial score (nSPS) is 29.1. The van der Waals surface area contributed by atoms with Crippen LogP contribution >= 0.6 is 0 Å². The monoisotopic (exact) mass is 344 g/mol. The van der Waals surface area contributed by atoms with E-state index >= 15 is 0 Å². The third-order valence-corrected chi connectivity index (χ3v) is 6.82. The fraction of sp³-hybridized carbons (Fsp3) is 0.667. The lowest BCUT2D eigenvalue weighted by Crippen LogP contribution is -2.48. The maximum absolute atomic E-state index is 13.6. The molecular formula is C21H29FN2O. The van der Waals surface area contributed by atoms with Crippen molar-refractivity contribution in [3.8, 4) is 0 Å². The van der Waals surface area contributed by atoms with Crippen LogP contribution in [0.25, 0.3) is 0 Å². The van der Waals surface area contributed by atoms with Gasteiger partial charge < -0.3 is 10.2 Å². The van der Waals surface area contributed by atoms with Crippen LogP contribution in [-0.2, 0) is 10.2 Å². The van der Waals surface area contributed by atoms with Gasteiger partial charge in [0.2, 0.25) is 5.91 Å². The van der Waals surface area contributed by atoms with Crippen LogP contribution in [0.3, 0.4) is 0 Å². The molecule has 1 aromatic rings. The Balaban J connectivity index is 1.58. The predicted octanol–water partition coefficient (Wildman–Crippen LogP) is 3.49. The Bertz CT molecular complexity index is 595. The number of fused-ring (bicyclic) bond motifs is 1. The number of nitrogens with one attached hydrogen (secondary N) is 1. The molecule has 25 heavy (non-hydrogen) atoms. The minimum Gasteiger partial charge on any atom is -0.342 e. The molecule has 0 radical (unpaired) electrons. The van der Waals surface area contributed by atoms with Gasteiger partial charge in [0, 0.05) is 13.1 Å². The number of carbonyl (C=O) groups excluding carboxylic acids is 1. The van der Waals surface area contributed by atoms with E-state index in [-0.39, 0.29) is 5.82 Å². The molecule has 1 amide bonds. The number of benzene rings is 1. The zero-order valence-corrected chi connectivity index (χ0v) is 15.0. The van der Waals surface area contributed by atoms with Gasteiger partial charge in [-0.2, -0.15) is 0 Å². The Hall–Kier alpha value is -1.42. The van der Waals surface area contributed by atoms with Gasteiger partial charge in [0.05, 0.1) is 5.41 Å². The summed E-state index contributed by atoms with van der Waals surface area (Å²) in [6.45, 7) is 3.97. The first-order chi connectivity index (χ1) is 12.2. The molecule has 4 rings (SSSR count). The van der Waals surface area contributed by atoms with E-state index in [2.05, 4.69) is 10.2 Å². The highest BCUT2D eigenvalue weighted by atomic mass is 19.1. The van der Waals surface area contributed by atoms with E-state index in [0.29, 0.717) is 5.91 Å². The molecule has 2 saturated heterocycles. The number of nitrogens with zero attached hydrogens (tertiary/aromatic N) is 1. The number of hydrogen-bond acceptors (Lipinski definition) is 2. The van der Waals surface area contributed by atoms with E-state index in [1.165, 1.54) is 18.6 Å². The summed E-state index contributed by atoms with van der Waals surface area (Å²) in [4.78, 5) is 15.8. The van der Waals surface area contributed by atoms with Crippen LogP contribution in [0.4, 0.5) is 4.39 Å². The second-order valence-electron chi connectivity index (χ2n) is 8.20. The van der Waals surface area contributed by atoms with E-state index < -0.39 is 5.41 Å². The maximum atomic E-state index is 13.6. The Morgan fingerprint density at radius 2 is 1.60 bits per heavy atom. The molecule has 0 bridgehead atoms. The number of rotatable bonds is 2. The highest BCUT2D eigenvalue weighted by molar-refractivity contribution is 5.88. The fourth-order valence-electron chi connectivity index (χ4n) is 5.27. The van der Waals surface area contributed by atoms with E-state index in [9.17, 15) is 9.18 Å². The van der Waals surface area contributed by atoms with Gasteiger partial charge in [-0.05, 0) is 68.3 Å². The zero-order chi connectivity index (χ0) is 17.3. The van der Waals surface area contributed by atoms with Gasteiger partial charge in [0.1, 0.15) is 5.82 Å². The predicted molar refractivity (Wildman–Crippen MR) is 96.8 cm³/mol.